The van der Waals surface area contributed by atoms with E-state index in [-0.39, 0.29) is 6.61 Å². The molecule has 0 aromatic heterocycles. The quantitative estimate of drug-likeness (QED) is 0.747. The molecule has 0 saturated carbocycles. The van der Waals surface area contributed by atoms with Gasteiger partial charge in [-0.3, -0.25) is 9.80 Å². The van der Waals surface area contributed by atoms with Crippen molar-refractivity contribution < 1.29 is 5.11 Å². The van der Waals surface area contributed by atoms with E-state index in [0.29, 0.717) is 12.5 Å². The first-order chi connectivity index (χ1) is 7.81. The van der Waals surface area contributed by atoms with E-state index >= 15 is 0 Å². The summed E-state index contributed by atoms with van der Waals surface area (Å²) in [7, 11) is 0. The first-order valence-electron chi connectivity index (χ1n) is 6.26. The molecule has 16 heavy (non-hydrogen) atoms. The number of rotatable bonds is 5. The smallest absolute Gasteiger partial charge is 0.0638 e. The Hall–Kier alpha value is -0.630. The minimum atomic E-state index is 0.245. The largest absolute Gasteiger partial charge is 0.395 e. The monoisotopic (exact) mass is 225 g/mol. The molecule has 0 aliphatic carbocycles. The van der Waals surface area contributed by atoms with Gasteiger partial charge < -0.3 is 5.11 Å². The lowest BCUT2D eigenvalue weighted by molar-refractivity contribution is 0.178. The summed E-state index contributed by atoms with van der Waals surface area (Å²) in [6.07, 6.45) is 2.83. The van der Waals surface area contributed by atoms with E-state index in [0.717, 1.165) is 45.6 Å². The molecule has 0 aromatic carbocycles. The lowest BCUT2D eigenvalue weighted by atomic mass is 10.1. The lowest BCUT2D eigenvalue weighted by Gasteiger charge is -2.28. The maximum atomic E-state index is 8.92. The summed E-state index contributed by atoms with van der Waals surface area (Å²) in [4.78, 5) is 4.74. The molecule has 92 valence electrons. The average Bonchev–Trinajstić information content (AvgIpc) is 2.52. The fourth-order valence-corrected chi connectivity index (χ4v) is 2.36. The summed E-state index contributed by atoms with van der Waals surface area (Å²) in [5, 5.41) is 17.7. The van der Waals surface area contributed by atoms with Crippen LogP contribution < -0.4 is 0 Å². The lowest BCUT2D eigenvalue weighted by Crippen LogP contribution is -2.38. The molecular weight excluding hydrogens is 202 g/mol. The van der Waals surface area contributed by atoms with Gasteiger partial charge >= 0.3 is 0 Å². The second kappa shape index (κ2) is 7.61. The second-order valence-electron chi connectivity index (χ2n) is 4.38. The van der Waals surface area contributed by atoms with Crippen LogP contribution in [0.15, 0.2) is 0 Å². The van der Waals surface area contributed by atoms with E-state index in [1.807, 2.05) is 0 Å². The summed E-state index contributed by atoms with van der Waals surface area (Å²) < 4.78 is 0. The minimum absolute atomic E-state index is 0.245. The number of hydrogen-bond acceptors (Lipinski definition) is 4. The molecule has 1 heterocycles. The number of nitrogens with zero attached hydrogens (tertiary/aromatic N) is 3. The molecule has 1 aliphatic heterocycles. The highest BCUT2D eigenvalue weighted by atomic mass is 16.3. The Kier molecular flexibility index (Phi) is 6.39. The van der Waals surface area contributed by atoms with E-state index in [1.54, 1.807) is 0 Å². The molecule has 0 spiro atoms. The molecule has 1 N–H and O–H groups in total. The van der Waals surface area contributed by atoms with E-state index in [4.69, 9.17) is 10.4 Å². The van der Waals surface area contributed by atoms with Gasteiger partial charge in [-0.25, -0.2) is 0 Å². The molecule has 1 aliphatic rings. The SMILES string of the molecule is CCC(CC#N)N1CCCN(CCO)CC1. The van der Waals surface area contributed by atoms with Crippen LogP contribution >= 0.6 is 0 Å². The standard InChI is InChI=1S/C12H23N3O/c1-2-12(4-5-13)15-7-3-6-14(8-9-15)10-11-16/h12,16H,2-4,6-11H2,1H3. The Labute approximate surface area is 98.5 Å². The van der Waals surface area contributed by atoms with Crippen LogP contribution in [0.1, 0.15) is 26.2 Å². The van der Waals surface area contributed by atoms with Crippen molar-refractivity contribution in [1.29, 1.82) is 5.26 Å². The van der Waals surface area contributed by atoms with Crippen molar-refractivity contribution in [2.24, 2.45) is 0 Å². The number of aliphatic hydroxyl groups excluding tert-OH is 1. The van der Waals surface area contributed by atoms with Crippen molar-refractivity contribution in [2.75, 3.05) is 39.3 Å². The molecular formula is C12H23N3O. The van der Waals surface area contributed by atoms with E-state index in [2.05, 4.69) is 22.8 Å². The van der Waals surface area contributed by atoms with Crippen molar-refractivity contribution in [3.63, 3.8) is 0 Å². The molecule has 4 nitrogen and oxygen atoms in total. The summed E-state index contributed by atoms with van der Waals surface area (Å²) >= 11 is 0. The molecule has 0 bridgehead atoms. The molecule has 1 unspecified atom stereocenters. The first kappa shape index (κ1) is 13.4. The highest BCUT2D eigenvalue weighted by Crippen LogP contribution is 2.12. The molecule has 1 fully saturated rings. The summed E-state index contributed by atoms with van der Waals surface area (Å²) in [5.41, 5.74) is 0. The molecule has 4 heteroatoms. The zero-order valence-corrected chi connectivity index (χ0v) is 10.2. The normalized spacial score (nSPS) is 21.3. The molecule has 1 saturated heterocycles. The van der Waals surface area contributed by atoms with Crippen LogP contribution in [-0.4, -0.2) is 60.3 Å². The van der Waals surface area contributed by atoms with Crippen LogP contribution in [0.25, 0.3) is 0 Å². The van der Waals surface area contributed by atoms with E-state index < -0.39 is 0 Å². The summed E-state index contributed by atoms with van der Waals surface area (Å²) in [5.74, 6) is 0. The van der Waals surface area contributed by atoms with Gasteiger partial charge in [-0.1, -0.05) is 6.92 Å². The van der Waals surface area contributed by atoms with Crippen LogP contribution in [0.5, 0.6) is 0 Å². The van der Waals surface area contributed by atoms with Gasteiger partial charge in [0.15, 0.2) is 0 Å². The van der Waals surface area contributed by atoms with E-state index in [1.165, 1.54) is 0 Å². The van der Waals surface area contributed by atoms with Crippen molar-refractivity contribution >= 4 is 0 Å². The average molecular weight is 225 g/mol. The third kappa shape index (κ3) is 4.09. The van der Waals surface area contributed by atoms with Gasteiger partial charge in [-0.2, -0.15) is 5.26 Å². The number of nitriles is 1. The zero-order chi connectivity index (χ0) is 11.8. The van der Waals surface area contributed by atoms with E-state index in [9.17, 15) is 0 Å². The second-order valence-corrected chi connectivity index (χ2v) is 4.38. The van der Waals surface area contributed by atoms with Gasteiger partial charge in [0, 0.05) is 25.7 Å². The van der Waals surface area contributed by atoms with Gasteiger partial charge in [0.25, 0.3) is 0 Å². The maximum Gasteiger partial charge on any atom is 0.0638 e. The van der Waals surface area contributed by atoms with Crippen LogP contribution in [0.3, 0.4) is 0 Å². The Balaban J connectivity index is 2.42. The van der Waals surface area contributed by atoms with Gasteiger partial charge in [-0.05, 0) is 25.9 Å². The minimum Gasteiger partial charge on any atom is -0.395 e. The predicted molar refractivity (Wildman–Crippen MR) is 64.0 cm³/mol. The van der Waals surface area contributed by atoms with Gasteiger partial charge in [-0.15, -0.1) is 0 Å². The van der Waals surface area contributed by atoms with Gasteiger partial charge in [0.1, 0.15) is 0 Å². The number of hydrogen-bond donors (Lipinski definition) is 1. The third-order valence-electron chi connectivity index (χ3n) is 3.35. The maximum absolute atomic E-state index is 8.92. The van der Waals surface area contributed by atoms with Crippen LogP contribution in [-0.2, 0) is 0 Å². The summed E-state index contributed by atoms with van der Waals surface area (Å²) in [6.45, 7) is 7.38. The molecule has 0 radical (unpaired) electrons. The Morgan fingerprint density at radius 2 is 2.12 bits per heavy atom. The van der Waals surface area contributed by atoms with Crippen molar-refractivity contribution in [1.82, 2.24) is 9.80 Å². The molecule has 1 atom stereocenters. The fourth-order valence-electron chi connectivity index (χ4n) is 2.36. The van der Waals surface area contributed by atoms with Crippen LogP contribution in [0, 0.1) is 11.3 Å². The van der Waals surface area contributed by atoms with Crippen molar-refractivity contribution in [3.05, 3.63) is 0 Å². The predicted octanol–water partition coefficient (Wildman–Crippen LogP) is 0.679. The Bertz CT molecular complexity index is 227. The Morgan fingerprint density at radius 1 is 1.31 bits per heavy atom. The topological polar surface area (TPSA) is 50.5 Å². The third-order valence-corrected chi connectivity index (χ3v) is 3.35. The Morgan fingerprint density at radius 3 is 2.75 bits per heavy atom. The number of aliphatic hydroxyl groups is 1. The van der Waals surface area contributed by atoms with Crippen LogP contribution in [0.4, 0.5) is 0 Å². The van der Waals surface area contributed by atoms with Crippen molar-refractivity contribution in [3.8, 4) is 6.07 Å². The highest BCUT2D eigenvalue weighted by molar-refractivity contribution is 4.83. The molecule has 0 aromatic rings. The molecule has 1 rings (SSSR count). The van der Waals surface area contributed by atoms with Gasteiger partial charge in [0.2, 0.25) is 0 Å². The van der Waals surface area contributed by atoms with Crippen molar-refractivity contribution in [2.45, 2.75) is 32.2 Å². The molecule has 0 amide bonds. The van der Waals surface area contributed by atoms with Crippen LogP contribution in [0.2, 0.25) is 0 Å². The zero-order valence-electron chi connectivity index (χ0n) is 10.2. The number of β-amino-alcohol motifs (C(OH)–C–C–N with tert-alkyl or cyclic N) is 1. The van der Waals surface area contributed by atoms with Gasteiger partial charge in [0.05, 0.1) is 19.1 Å². The fraction of sp³-hybridized carbons (Fsp3) is 0.917. The highest BCUT2D eigenvalue weighted by Gasteiger charge is 2.20. The first-order valence-corrected chi connectivity index (χ1v) is 6.26. The summed E-state index contributed by atoms with van der Waals surface area (Å²) in [6, 6.07) is 2.69.